The molecule has 124 valence electrons. The number of carboxylic acids is 2. The van der Waals surface area contributed by atoms with Gasteiger partial charge >= 0.3 is 27.1 Å². The molecule has 14 heteroatoms. The Kier molecular flexibility index (Phi) is 4.98. The van der Waals surface area contributed by atoms with Crippen LogP contribution in [0.15, 0.2) is 12.4 Å². The van der Waals surface area contributed by atoms with Crippen LogP contribution in [0.3, 0.4) is 0 Å². The van der Waals surface area contributed by atoms with E-state index in [-0.39, 0.29) is 0 Å². The SMILES string of the molecule is O=C(O)C(CC(C(=O)O)(c1ncc[nH]1)P(=O)(O)O)P(=O)(O)O. The lowest BCUT2D eigenvalue weighted by Gasteiger charge is -2.30. The molecule has 0 spiro atoms. The van der Waals surface area contributed by atoms with Crippen molar-refractivity contribution in [3.05, 3.63) is 18.2 Å². The third-order valence-corrected chi connectivity index (χ3v) is 5.72. The maximum absolute atomic E-state index is 11.7. The standard InChI is InChI=1S/C8H12N2O10P2/c11-5(12)4(21(15,16)17)3-8(7(13)14,22(18,19)20)6-9-1-2-10-6/h1-2,4H,3H2,(H,9,10)(H,11,12)(H,13,14)(H2,15,16,17)(H2,18,19,20). The first-order valence-electron chi connectivity index (χ1n) is 5.41. The van der Waals surface area contributed by atoms with E-state index in [2.05, 4.69) is 9.97 Å². The van der Waals surface area contributed by atoms with Gasteiger partial charge in [-0.2, -0.15) is 0 Å². The van der Waals surface area contributed by atoms with Crippen LogP contribution in [0.1, 0.15) is 12.2 Å². The molecule has 1 aromatic rings. The van der Waals surface area contributed by atoms with E-state index in [9.17, 15) is 33.6 Å². The van der Waals surface area contributed by atoms with E-state index in [4.69, 9.17) is 14.9 Å². The second-order valence-electron chi connectivity index (χ2n) is 4.29. The van der Waals surface area contributed by atoms with Gasteiger partial charge in [-0.15, -0.1) is 0 Å². The Labute approximate surface area is 122 Å². The topological polar surface area (TPSA) is 218 Å². The van der Waals surface area contributed by atoms with Crippen LogP contribution in [0.25, 0.3) is 0 Å². The Morgan fingerprint density at radius 3 is 2.05 bits per heavy atom. The second-order valence-corrected chi connectivity index (χ2v) is 7.95. The van der Waals surface area contributed by atoms with E-state index in [0.717, 1.165) is 12.4 Å². The van der Waals surface area contributed by atoms with Crippen molar-refractivity contribution in [3.8, 4) is 0 Å². The predicted octanol–water partition coefficient (Wildman–Crippen LogP) is -1.11. The van der Waals surface area contributed by atoms with Crippen LogP contribution in [-0.4, -0.2) is 57.4 Å². The number of nitrogens with zero attached hydrogens (tertiary/aromatic N) is 1. The van der Waals surface area contributed by atoms with E-state index < -0.39 is 50.2 Å². The largest absolute Gasteiger partial charge is 0.481 e. The highest BCUT2D eigenvalue weighted by Crippen LogP contribution is 2.61. The van der Waals surface area contributed by atoms with Gasteiger partial charge in [0.2, 0.25) is 5.16 Å². The molecular weight excluding hydrogens is 346 g/mol. The molecule has 1 heterocycles. The van der Waals surface area contributed by atoms with Crippen LogP contribution in [0.2, 0.25) is 0 Å². The highest BCUT2D eigenvalue weighted by Gasteiger charge is 2.61. The summed E-state index contributed by atoms with van der Waals surface area (Å²) < 4.78 is 22.9. The molecular formula is C8H12N2O10P2. The van der Waals surface area contributed by atoms with Crippen LogP contribution >= 0.6 is 15.2 Å². The minimum atomic E-state index is -5.61. The molecule has 12 nitrogen and oxygen atoms in total. The predicted molar refractivity (Wildman–Crippen MR) is 68.0 cm³/mol. The number of H-pyrrole nitrogens is 1. The Balaban J connectivity index is 3.59. The number of imidazole rings is 1. The van der Waals surface area contributed by atoms with E-state index in [1.807, 2.05) is 0 Å². The molecule has 0 aliphatic carbocycles. The fourth-order valence-electron chi connectivity index (χ4n) is 1.79. The summed E-state index contributed by atoms with van der Waals surface area (Å²) in [6.07, 6.45) is 0.422. The molecule has 0 radical (unpaired) electrons. The average Bonchev–Trinajstić information content (AvgIpc) is 2.78. The minimum absolute atomic E-state index is 0.812. The van der Waals surface area contributed by atoms with Gasteiger partial charge in [0.1, 0.15) is 5.82 Å². The minimum Gasteiger partial charge on any atom is -0.481 e. The van der Waals surface area contributed by atoms with Crippen molar-refractivity contribution in [2.75, 3.05) is 0 Å². The van der Waals surface area contributed by atoms with Crippen molar-refractivity contribution in [1.82, 2.24) is 9.97 Å². The molecule has 2 atom stereocenters. The summed E-state index contributed by atoms with van der Waals surface area (Å²) in [5.74, 6) is -5.08. The number of aliphatic carboxylic acids is 2. The second kappa shape index (κ2) is 5.92. The molecule has 22 heavy (non-hydrogen) atoms. The molecule has 0 aliphatic heterocycles. The van der Waals surface area contributed by atoms with Gasteiger partial charge in [-0.05, 0) is 0 Å². The first-order chi connectivity index (χ1) is 9.84. The Morgan fingerprint density at radius 1 is 1.23 bits per heavy atom. The summed E-state index contributed by atoms with van der Waals surface area (Å²) in [5.41, 5.74) is -2.64. The van der Waals surface area contributed by atoms with Crippen LogP contribution in [0.4, 0.5) is 0 Å². The number of aromatic amines is 1. The molecule has 7 N–H and O–H groups in total. The quantitative estimate of drug-likeness (QED) is 0.290. The maximum atomic E-state index is 11.7. The Morgan fingerprint density at radius 2 is 1.77 bits per heavy atom. The summed E-state index contributed by atoms with van der Waals surface area (Å²) in [6, 6.07) is 0. The summed E-state index contributed by atoms with van der Waals surface area (Å²) >= 11 is 0. The lowest BCUT2D eigenvalue weighted by Crippen LogP contribution is -2.42. The van der Waals surface area contributed by atoms with E-state index in [0.29, 0.717) is 0 Å². The number of carbonyl (C=O) groups is 2. The first kappa shape index (κ1) is 18.5. The van der Waals surface area contributed by atoms with Gasteiger partial charge in [0, 0.05) is 18.8 Å². The molecule has 0 saturated carbocycles. The van der Waals surface area contributed by atoms with Gasteiger partial charge < -0.3 is 34.8 Å². The molecule has 0 bridgehead atoms. The number of aromatic nitrogens is 2. The van der Waals surface area contributed by atoms with Gasteiger partial charge in [-0.25, -0.2) is 4.98 Å². The molecule has 0 saturated heterocycles. The normalized spacial score (nSPS) is 16.7. The summed E-state index contributed by atoms with van der Waals surface area (Å²) in [5, 5.41) is 14.8. The number of carboxylic acid groups (broad SMARTS) is 2. The molecule has 0 amide bonds. The fraction of sp³-hybridized carbons (Fsp3) is 0.375. The molecule has 0 fully saturated rings. The van der Waals surface area contributed by atoms with E-state index >= 15 is 0 Å². The molecule has 0 aliphatic rings. The summed E-state index contributed by atoms with van der Waals surface area (Å²) in [7, 11) is -11.0. The molecule has 2 unspecified atom stereocenters. The number of nitrogens with one attached hydrogen (secondary N) is 1. The summed E-state index contributed by atoms with van der Waals surface area (Å²) in [6.45, 7) is 0. The number of hydrogen-bond donors (Lipinski definition) is 7. The van der Waals surface area contributed by atoms with Crippen LogP contribution in [0.5, 0.6) is 0 Å². The van der Waals surface area contributed by atoms with Crippen molar-refractivity contribution in [3.63, 3.8) is 0 Å². The van der Waals surface area contributed by atoms with Crippen molar-refractivity contribution in [2.45, 2.75) is 17.2 Å². The zero-order valence-corrected chi connectivity index (χ0v) is 12.4. The highest BCUT2D eigenvalue weighted by molar-refractivity contribution is 7.55. The summed E-state index contributed by atoms with van der Waals surface area (Å²) in [4.78, 5) is 64.8. The van der Waals surface area contributed by atoms with Crippen molar-refractivity contribution in [2.24, 2.45) is 0 Å². The lowest BCUT2D eigenvalue weighted by atomic mass is 10.0. The van der Waals surface area contributed by atoms with Crippen molar-refractivity contribution >= 4 is 27.1 Å². The van der Waals surface area contributed by atoms with Crippen LogP contribution < -0.4 is 0 Å². The van der Waals surface area contributed by atoms with Gasteiger partial charge in [0.25, 0.3) is 0 Å². The van der Waals surface area contributed by atoms with Crippen molar-refractivity contribution < 1.29 is 48.5 Å². The van der Waals surface area contributed by atoms with Gasteiger partial charge in [0.05, 0.1) is 0 Å². The molecule has 1 aromatic heterocycles. The highest BCUT2D eigenvalue weighted by atomic mass is 31.2. The van der Waals surface area contributed by atoms with Crippen LogP contribution in [0, 0.1) is 0 Å². The van der Waals surface area contributed by atoms with Gasteiger partial charge in [0.15, 0.2) is 5.66 Å². The fourth-order valence-corrected chi connectivity index (χ4v) is 3.80. The lowest BCUT2D eigenvalue weighted by molar-refractivity contribution is -0.142. The molecule has 1 rings (SSSR count). The average molecular weight is 358 g/mol. The Bertz CT molecular complexity index is 660. The van der Waals surface area contributed by atoms with Crippen molar-refractivity contribution in [1.29, 1.82) is 0 Å². The number of hydrogen-bond acceptors (Lipinski definition) is 5. The van der Waals surface area contributed by atoms with Gasteiger partial charge in [-0.1, -0.05) is 0 Å². The zero-order valence-electron chi connectivity index (χ0n) is 10.6. The van der Waals surface area contributed by atoms with E-state index in [1.165, 1.54) is 0 Å². The zero-order chi connectivity index (χ0) is 17.3. The molecule has 0 aromatic carbocycles. The maximum Gasteiger partial charge on any atom is 0.350 e. The van der Waals surface area contributed by atoms with E-state index in [1.54, 1.807) is 0 Å². The monoisotopic (exact) mass is 358 g/mol. The first-order valence-corrected chi connectivity index (χ1v) is 8.70. The Hall–Kier alpha value is -1.55. The third-order valence-electron chi connectivity index (χ3n) is 2.92. The third kappa shape index (κ3) is 3.27. The van der Waals surface area contributed by atoms with Gasteiger partial charge in [-0.3, -0.25) is 18.7 Å². The smallest absolute Gasteiger partial charge is 0.350 e. The van der Waals surface area contributed by atoms with Crippen LogP contribution in [-0.2, 0) is 23.9 Å². The number of rotatable bonds is 7.